The fourth-order valence-corrected chi connectivity index (χ4v) is 2.36. The number of nitrogens with one attached hydrogen (secondary N) is 2. The molecule has 0 heterocycles. The van der Waals surface area contributed by atoms with E-state index in [4.69, 9.17) is 21.1 Å². The van der Waals surface area contributed by atoms with E-state index in [1.807, 2.05) is 55.5 Å². The topological polar surface area (TPSA) is 54.9 Å². The van der Waals surface area contributed by atoms with Gasteiger partial charge in [0.25, 0.3) is 0 Å². The highest BCUT2D eigenvalue weighted by atomic mass is 127. The van der Waals surface area contributed by atoms with Crippen molar-refractivity contribution in [1.29, 1.82) is 0 Å². The molecule has 0 aliphatic rings. The highest BCUT2D eigenvalue weighted by Crippen LogP contribution is 2.13. The molecule has 2 N–H and O–H groups in total. The number of ether oxygens (including phenoxy) is 2. The maximum Gasteiger partial charge on any atom is 0.191 e. The molecule has 7 heteroatoms. The highest BCUT2D eigenvalue weighted by molar-refractivity contribution is 14.0. The Bertz CT molecular complexity index is 679. The lowest BCUT2D eigenvalue weighted by atomic mass is 10.2. The summed E-state index contributed by atoms with van der Waals surface area (Å²) in [5, 5.41) is 7.32. The molecular formula is C20H27ClIN3O2. The van der Waals surface area contributed by atoms with Crippen molar-refractivity contribution in [3.63, 3.8) is 0 Å². The van der Waals surface area contributed by atoms with E-state index in [1.165, 1.54) is 0 Å². The quantitative estimate of drug-likeness (QED) is 0.233. The molecular weight excluding hydrogens is 477 g/mol. The standard InChI is InChI=1S/C20H26ClN3O2.HI/c1-3-22-20(23-14-16-4-8-18(21)9-5-16)24-15-17-6-10-19(11-7-17)26-13-12-25-2;/h4-11H,3,12-15H2,1-2H3,(H2,22,23,24);1H. The molecule has 0 amide bonds. The Kier molecular flexibility index (Phi) is 11.9. The molecule has 2 aromatic carbocycles. The van der Waals surface area contributed by atoms with Gasteiger partial charge in [0, 0.05) is 25.2 Å². The number of nitrogens with zero attached hydrogens (tertiary/aromatic N) is 1. The first-order chi connectivity index (χ1) is 12.7. The van der Waals surface area contributed by atoms with Gasteiger partial charge in [-0.15, -0.1) is 24.0 Å². The first kappa shape index (κ1) is 23.5. The van der Waals surface area contributed by atoms with Crippen molar-refractivity contribution in [2.24, 2.45) is 4.99 Å². The summed E-state index contributed by atoms with van der Waals surface area (Å²) in [5.41, 5.74) is 2.27. The zero-order valence-electron chi connectivity index (χ0n) is 15.7. The second-order valence-electron chi connectivity index (χ2n) is 5.66. The highest BCUT2D eigenvalue weighted by Gasteiger charge is 2.00. The predicted molar refractivity (Wildman–Crippen MR) is 122 cm³/mol. The first-order valence-electron chi connectivity index (χ1n) is 8.68. The molecule has 27 heavy (non-hydrogen) atoms. The number of rotatable bonds is 9. The largest absolute Gasteiger partial charge is 0.491 e. The molecule has 5 nitrogen and oxygen atoms in total. The van der Waals surface area contributed by atoms with E-state index in [0.29, 0.717) is 26.3 Å². The molecule has 148 valence electrons. The maximum absolute atomic E-state index is 5.92. The third-order valence-electron chi connectivity index (χ3n) is 3.62. The lowest BCUT2D eigenvalue weighted by Gasteiger charge is -2.11. The number of aliphatic imine (C=N–C) groups is 1. The van der Waals surface area contributed by atoms with Crippen molar-refractivity contribution in [2.75, 3.05) is 26.9 Å². The molecule has 0 radical (unpaired) electrons. The lowest BCUT2D eigenvalue weighted by molar-refractivity contribution is 0.146. The molecule has 0 aliphatic heterocycles. The van der Waals surface area contributed by atoms with Crippen LogP contribution in [0.1, 0.15) is 18.1 Å². The van der Waals surface area contributed by atoms with Gasteiger partial charge in [0.1, 0.15) is 12.4 Å². The number of halogens is 2. The summed E-state index contributed by atoms with van der Waals surface area (Å²) in [6, 6.07) is 15.7. The molecule has 2 aromatic rings. The number of guanidine groups is 1. The lowest BCUT2D eigenvalue weighted by Crippen LogP contribution is -2.36. The van der Waals surface area contributed by atoms with E-state index in [-0.39, 0.29) is 24.0 Å². The minimum atomic E-state index is 0. The molecule has 0 atom stereocenters. The van der Waals surface area contributed by atoms with Crippen molar-refractivity contribution in [3.05, 3.63) is 64.7 Å². The minimum absolute atomic E-state index is 0. The van der Waals surface area contributed by atoms with Crippen LogP contribution < -0.4 is 15.4 Å². The summed E-state index contributed by atoms with van der Waals surface area (Å²) in [7, 11) is 1.66. The fourth-order valence-electron chi connectivity index (χ4n) is 2.23. The van der Waals surface area contributed by atoms with E-state index < -0.39 is 0 Å². The predicted octanol–water partition coefficient (Wildman–Crippen LogP) is 4.24. The van der Waals surface area contributed by atoms with Crippen molar-refractivity contribution < 1.29 is 9.47 Å². The SMILES string of the molecule is CCNC(=NCc1ccc(OCCOC)cc1)NCc1ccc(Cl)cc1.I. The monoisotopic (exact) mass is 503 g/mol. The van der Waals surface area contributed by atoms with Gasteiger partial charge >= 0.3 is 0 Å². The van der Waals surface area contributed by atoms with Gasteiger partial charge < -0.3 is 20.1 Å². The van der Waals surface area contributed by atoms with Crippen molar-refractivity contribution >= 4 is 41.5 Å². The van der Waals surface area contributed by atoms with Gasteiger partial charge in [-0.25, -0.2) is 4.99 Å². The van der Waals surface area contributed by atoms with Crippen LogP contribution >= 0.6 is 35.6 Å². The van der Waals surface area contributed by atoms with Gasteiger partial charge in [0.2, 0.25) is 0 Å². The number of benzene rings is 2. The molecule has 0 aromatic heterocycles. The van der Waals surface area contributed by atoms with Crippen LogP contribution in [0.3, 0.4) is 0 Å². The molecule has 0 saturated heterocycles. The second-order valence-corrected chi connectivity index (χ2v) is 6.10. The summed E-state index contributed by atoms with van der Waals surface area (Å²) < 4.78 is 10.5. The zero-order chi connectivity index (χ0) is 18.6. The number of hydrogen-bond acceptors (Lipinski definition) is 3. The van der Waals surface area contributed by atoms with Crippen LogP contribution in [0.25, 0.3) is 0 Å². The van der Waals surface area contributed by atoms with E-state index in [9.17, 15) is 0 Å². The minimum Gasteiger partial charge on any atom is -0.491 e. The Morgan fingerprint density at radius 2 is 1.63 bits per heavy atom. The Hall–Kier alpha value is -1.51. The van der Waals surface area contributed by atoms with Crippen LogP contribution in [0.4, 0.5) is 0 Å². The van der Waals surface area contributed by atoms with Gasteiger partial charge in [-0.3, -0.25) is 0 Å². The summed E-state index contributed by atoms with van der Waals surface area (Å²) in [6.45, 7) is 5.26. The molecule has 0 bridgehead atoms. The molecule has 0 aliphatic carbocycles. The van der Waals surface area contributed by atoms with Crippen molar-refractivity contribution in [2.45, 2.75) is 20.0 Å². The summed E-state index contributed by atoms with van der Waals surface area (Å²) in [5.74, 6) is 1.62. The van der Waals surface area contributed by atoms with Gasteiger partial charge in [0.15, 0.2) is 5.96 Å². The van der Waals surface area contributed by atoms with E-state index >= 15 is 0 Å². The maximum atomic E-state index is 5.92. The van der Waals surface area contributed by atoms with Gasteiger partial charge in [-0.1, -0.05) is 35.9 Å². The average Bonchev–Trinajstić information content (AvgIpc) is 2.66. The summed E-state index contributed by atoms with van der Waals surface area (Å²) in [6.07, 6.45) is 0. The van der Waals surface area contributed by atoms with Gasteiger partial charge in [0.05, 0.1) is 13.2 Å². The average molecular weight is 504 g/mol. The van der Waals surface area contributed by atoms with Crippen LogP contribution in [-0.4, -0.2) is 32.8 Å². The van der Waals surface area contributed by atoms with Crippen molar-refractivity contribution in [3.8, 4) is 5.75 Å². The molecule has 0 fully saturated rings. The van der Waals surface area contributed by atoms with Crippen LogP contribution in [0.5, 0.6) is 5.75 Å². The Balaban J connectivity index is 0.00000364. The molecule has 0 saturated carbocycles. The fraction of sp³-hybridized carbons (Fsp3) is 0.350. The smallest absolute Gasteiger partial charge is 0.191 e. The van der Waals surface area contributed by atoms with Crippen LogP contribution in [0.2, 0.25) is 5.02 Å². The number of methoxy groups -OCH3 is 1. The normalized spacial score (nSPS) is 10.9. The summed E-state index contributed by atoms with van der Waals surface area (Å²) >= 11 is 5.92. The Labute approximate surface area is 183 Å². The second kappa shape index (κ2) is 13.6. The third-order valence-corrected chi connectivity index (χ3v) is 3.87. The van der Waals surface area contributed by atoms with Crippen LogP contribution in [0.15, 0.2) is 53.5 Å². The van der Waals surface area contributed by atoms with Gasteiger partial charge in [-0.2, -0.15) is 0 Å². The van der Waals surface area contributed by atoms with E-state index in [2.05, 4.69) is 15.6 Å². The first-order valence-corrected chi connectivity index (χ1v) is 9.06. The Morgan fingerprint density at radius 3 is 2.26 bits per heavy atom. The summed E-state index contributed by atoms with van der Waals surface area (Å²) in [4.78, 5) is 4.63. The van der Waals surface area contributed by atoms with Crippen molar-refractivity contribution in [1.82, 2.24) is 10.6 Å². The molecule has 0 spiro atoms. The number of hydrogen-bond donors (Lipinski definition) is 2. The Morgan fingerprint density at radius 1 is 0.963 bits per heavy atom. The molecule has 2 rings (SSSR count). The van der Waals surface area contributed by atoms with Gasteiger partial charge in [-0.05, 0) is 42.3 Å². The van der Waals surface area contributed by atoms with E-state index in [1.54, 1.807) is 7.11 Å². The van der Waals surface area contributed by atoms with E-state index in [0.717, 1.165) is 34.4 Å². The molecule has 0 unspecified atom stereocenters. The zero-order valence-corrected chi connectivity index (χ0v) is 18.8. The third kappa shape index (κ3) is 9.30. The van der Waals surface area contributed by atoms with Crippen LogP contribution in [-0.2, 0) is 17.8 Å². The van der Waals surface area contributed by atoms with Crippen LogP contribution in [0, 0.1) is 0 Å².